The van der Waals surface area contributed by atoms with Gasteiger partial charge in [-0.1, -0.05) is 24.3 Å². The molecule has 0 radical (unpaired) electrons. The van der Waals surface area contributed by atoms with Crippen molar-refractivity contribution in [2.24, 2.45) is 5.73 Å². The third-order valence-corrected chi connectivity index (χ3v) is 3.65. The molecule has 0 amide bonds. The molecule has 1 aromatic heterocycles. The van der Waals surface area contributed by atoms with Gasteiger partial charge in [0.1, 0.15) is 0 Å². The fraction of sp³-hybridized carbons (Fsp3) is 0.0625. The molecular weight excluding hydrogens is 323 g/mol. The number of alkyl halides is 3. The molecule has 1 heterocycles. The van der Waals surface area contributed by atoms with E-state index in [2.05, 4.69) is 5.32 Å². The summed E-state index contributed by atoms with van der Waals surface area (Å²) in [7, 11) is 0. The number of thiocarbonyl (C=S) groups is 1. The SMILES string of the molecule is NC(=S)n1cc2cccc(Nc3ccccc3C(F)(F)F)c2c1. The first-order valence-corrected chi connectivity index (χ1v) is 7.11. The first-order chi connectivity index (χ1) is 10.9. The molecule has 7 heteroatoms. The van der Waals surface area contributed by atoms with Crippen LogP contribution in [0.2, 0.25) is 0 Å². The highest BCUT2D eigenvalue weighted by atomic mass is 32.1. The molecule has 0 spiro atoms. The summed E-state index contributed by atoms with van der Waals surface area (Å²) in [4.78, 5) is 0. The number of benzene rings is 2. The second kappa shape index (κ2) is 5.58. The van der Waals surface area contributed by atoms with Gasteiger partial charge in [-0.05, 0) is 30.4 Å². The van der Waals surface area contributed by atoms with Gasteiger partial charge in [0.2, 0.25) is 0 Å². The molecule has 118 valence electrons. The summed E-state index contributed by atoms with van der Waals surface area (Å²) >= 11 is 4.92. The van der Waals surface area contributed by atoms with Gasteiger partial charge in [0.25, 0.3) is 0 Å². The fourth-order valence-electron chi connectivity index (χ4n) is 2.39. The smallest absolute Gasteiger partial charge is 0.376 e. The van der Waals surface area contributed by atoms with Crippen LogP contribution in [0, 0.1) is 0 Å². The van der Waals surface area contributed by atoms with E-state index in [0.717, 1.165) is 16.8 Å². The molecule has 0 unspecified atom stereocenters. The molecule has 0 fully saturated rings. The minimum Gasteiger partial charge on any atom is -0.376 e. The van der Waals surface area contributed by atoms with Crippen LogP contribution in [0.3, 0.4) is 0 Å². The second-order valence-electron chi connectivity index (χ2n) is 4.98. The van der Waals surface area contributed by atoms with E-state index in [1.807, 2.05) is 6.07 Å². The van der Waals surface area contributed by atoms with Crippen molar-refractivity contribution in [3.8, 4) is 0 Å². The molecular formula is C16H12F3N3S. The van der Waals surface area contributed by atoms with E-state index in [1.54, 1.807) is 35.2 Å². The van der Waals surface area contributed by atoms with E-state index in [-0.39, 0.29) is 10.8 Å². The van der Waals surface area contributed by atoms with Crippen molar-refractivity contribution < 1.29 is 13.2 Å². The Hall–Kier alpha value is -2.54. The van der Waals surface area contributed by atoms with Crippen molar-refractivity contribution in [2.45, 2.75) is 6.18 Å². The van der Waals surface area contributed by atoms with Gasteiger partial charge in [0.05, 0.1) is 11.3 Å². The molecule has 0 aliphatic carbocycles. The van der Waals surface area contributed by atoms with E-state index in [0.29, 0.717) is 5.69 Å². The Morgan fingerprint density at radius 3 is 2.39 bits per heavy atom. The lowest BCUT2D eigenvalue weighted by Crippen LogP contribution is -2.16. The molecule has 0 aliphatic heterocycles. The van der Waals surface area contributed by atoms with Crippen molar-refractivity contribution in [1.82, 2.24) is 4.57 Å². The number of fused-ring (bicyclic) bond motifs is 1. The Balaban J connectivity index is 2.08. The highest BCUT2D eigenvalue weighted by molar-refractivity contribution is 7.80. The van der Waals surface area contributed by atoms with Crippen LogP contribution in [0.15, 0.2) is 54.9 Å². The number of nitrogens with one attached hydrogen (secondary N) is 1. The first kappa shape index (κ1) is 15.4. The Bertz CT molecular complexity index is 884. The van der Waals surface area contributed by atoms with Gasteiger partial charge in [-0.2, -0.15) is 13.2 Å². The maximum Gasteiger partial charge on any atom is 0.418 e. The summed E-state index contributed by atoms with van der Waals surface area (Å²) < 4.78 is 40.8. The third kappa shape index (κ3) is 3.00. The monoisotopic (exact) mass is 335 g/mol. The van der Waals surface area contributed by atoms with Crippen LogP contribution in [-0.4, -0.2) is 9.68 Å². The summed E-state index contributed by atoms with van der Waals surface area (Å²) in [6.07, 6.45) is -1.00. The van der Waals surface area contributed by atoms with Crippen LogP contribution < -0.4 is 11.1 Å². The minimum absolute atomic E-state index is 0.00410. The Morgan fingerprint density at radius 1 is 1.00 bits per heavy atom. The number of para-hydroxylation sites is 1. The van der Waals surface area contributed by atoms with Crippen LogP contribution in [0.25, 0.3) is 10.8 Å². The molecule has 3 aromatic rings. The molecule has 0 saturated heterocycles. The highest BCUT2D eigenvalue weighted by Crippen LogP contribution is 2.37. The van der Waals surface area contributed by atoms with E-state index < -0.39 is 11.7 Å². The highest BCUT2D eigenvalue weighted by Gasteiger charge is 2.33. The zero-order valence-electron chi connectivity index (χ0n) is 11.8. The van der Waals surface area contributed by atoms with Crippen molar-refractivity contribution >= 4 is 39.5 Å². The number of aromatic nitrogens is 1. The number of halogens is 3. The zero-order valence-corrected chi connectivity index (χ0v) is 12.6. The number of nitrogens with two attached hydrogens (primary N) is 1. The predicted molar refractivity (Wildman–Crippen MR) is 88.8 cm³/mol. The average molecular weight is 335 g/mol. The van der Waals surface area contributed by atoms with Crippen molar-refractivity contribution in [3.05, 3.63) is 60.4 Å². The number of hydrogen-bond donors (Lipinski definition) is 2. The van der Waals surface area contributed by atoms with Gasteiger partial charge < -0.3 is 15.6 Å². The molecule has 0 aliphatic rings. The van der Waals surface area contributed by atoms with Gasteiger partial charge in [0, 0.05) is 28.9 Å². The summed E-state index contributed by atoms with van der Waals surface area (Å²) in [5.74, 6) is 0. The van der Waals surface area contributed by atoms with E-state index in [9.17, 15) is 13.2 Å². The van der Waals surface area contributed by atoms with Crippen molar-refractivity contribution in [2.75, 3.05) is 5.32 Å². The van der Waals surface area contributed by atoms with Gasteiger partial charge in [-0.25, -0.2) is 0 Å². The number of hydrogen-bond acceptors (Lipinski definition) is 2. The molecule has 3 rings (SSSR count). The molecule has 23 heavy (non-hydrogen) atoms. The molecule has 3 N–H and O–H groups in total. The quantitative estimate of drug-likeness (QED) is 0.678. The average Bonchev–Trinajstić information content (AvgIpc) is 2.92. The fourth-order valence-corrected chi connectivity index (χ4v) is 2.49. The molecule has 2 aromatic carbocycles. The molecule has 0 bridgehead atoms. The van der Waals surface area contributed by atoms with Crippen LogP contribution in [0.4, 0.5) is 24.5 Å². The standard InChI is InChI=1S/C16H12F3N3S/c17-16(18,19)12-5-1-2-6-14(12)21-13-7-3-4-10-8-22(15(20)23)9-11(10)13/h1-9,21H,(H2,20,23). The van der Waals surface area contributed by atoms with Crippen molar-refractivity contribution in [1.29, 1.82) is 0 Å². The summed E-state index contributed by atoms with van der Waals surface area (Å²) in [5, 5.41) is 4.59. The lowest BCUT2D eigenvalue weighted by molar-refractivity contribution is -0.136. The number of anilines is 2. The molecule has 0 saturated carbocycles. The van der Waals surface area contributed by atoms with E-state index in [1.165, 1.54) is 12.1 Å². The Morgan fingerprint density at radius 2 is 1.70 bits per heavy atom. The van der Waals surface area contributed by atoms with E-state index in [4.69, 9.17) is 18.0 Å². The predicted octanol–water partition coefficient (Wildman–Crippen LogP) is 4.50. The number of nitrogens with zero attached hydrogens (tertiary/aromatic N) is 1. The van der Waals surface area contributed by atoms with Crippen molar-refractivity contribution in [3.63, 3.8) is 0 Å². The molecule has 3 nitrogen and oxygen atoms in total. The van der Waals surface area contributed by atoms with Gasteiger partial charge >= 0.3 is 6.18 Å². The third-order valence-electron chi connectivity index (χ3n) is 3.44. The summed E-state index contributed by atoms with van der Waals surface area (Å²) in [6.45, 7) is 0. The zero-order chi connectivity index (χ0) is 16.6. The van der Waals surface area contributed by atoms with Gasteiger partial charge in [0.15, 0.2) is 5.11 Å². The summed E-state index contributed by atoms with van der Waals surface area (Å²) in [5.41, 5.74) is 5.42. The normalized spacial score (nSPS) is 11.6. The topological polar surface area (TPSA) is 43.0 Å². The molecule has 0 atom stereocenters. The largest absolute Gasteiger partial charge is 0.418 e. The maximum atomic E-state index is 13.1. The lowest BCUT2D eigenvalue weighted by Gasteiger charge is -2.15. The minimum atomic E-state index is -4.43. The van der Waals surface area contributed by atoms with Crippen LogP contribution in [-0.2, 0) is 6.18 Å². The van der Waals surface area contributed by atoms with Gasteiger partial charge in [-0.15, -0.1) is 0 Å². The van der Waals surface area contributed by atoms with Crippen LogP contribution in [0.5, 0.6) is 0 Å². The number of rotatable bonds is 2. The Kier molecular flexibility index (Phi) is 3.73. The van der Waals surface area contributed by atoms with Gasteiger partial charge in [-0.3, -0.25) is 0 Å². The maximum absolute atomic E-state index is 13.1. The van der Waals surface area contributed by atoms with Crippen LogP contribution >= 0.6 is 12.2 Å². The summed E-state index contributed by atoms with van der Waals surface area (Å²) in [6, 6.07) is 10.7. The second-order valence-corrected chi connectivity index (χ2v) is 5.40. The van der Waals surface area contributed by atoms with Crippen LogP contribution in [0.1, 0.15) is 5.56 Å². The lowest BCUT2D eigenvalue weighted by atomic mass is 10.1. The Labute approximate surface area is 135 Å². The first-order valence-electron chi connectivity index (χ1n) is 6.70. The van der Waals surface area contributed by atoms with E-state index >= 15 is 0 Å².